The summed E-state index contributed by atoms with van der Waals surface area (Å²) in [7, 11) is 0. The lowest BCUT2D eigenvalue weighted by Gasteiger charge is -2.15. The number of carbonyl (C=O) groups is 1. The SMILES string of the molecule is Cc1cc(C)cc(C(O)C(O)C(=O)O)c1. The maximum Gasteiger partial charge on any atom is 0.335 e. The molecule has 0 spiro atoms. The first-order valence-corrected chi connectivity index (χ1v) is 4.59. The van der Waals surface area contributed by atoms with E-state index in [-0.39, 0.29) is 0 Å². The Balaban J connectivity index is 3.00. The molecule has 0 aromatic heterocycles. The monoisotopic (exact) mass is 210 g/mol. The van der Waals surface area contributed by atoms with Gasteiger partial charge in [-0.2, -0.15) is 0 Å². The van der Waals surface area contributed by atoms with Gasteiger partial charge in [0.05, 0.1) is 0 Å². The van der Waals surface area contributed by atoms with Crippen LogP contribution in [0.15, 0.2) is 18.2 Å². The molecule has 1 rings (SSSR count). The summed E-state index contributed by atoms with van der Waals surface area (Å²) in [4.78, 5) is 10.5. The third-order valence-corrected chi connectivity index (χ3v) is 2.14. The second-order valence-corrected chi connectivity index (χ2v) is 3.65. The highest BCUT2D eigenvalue weighted by Gasteiger charge is 2.25. The molecule has 0 bridgehead atoms. The topological polar surface area (TPSA) is 77.8 Å². The fraction of sp³-hybridized carbons (Fsp3) is 0.364. The fourth-order valence-electron chi connectivity index (χ4n) is 1.50. The lowest BCUT2D eigenvalue weighted by molar-refractivity contribution is -0.153. The van der Waals surface area contributed by atoms with Crippen LogP contribution in [0.4, 0.5) is 0 Å². The Bertz CT molecular complexity index is 353. The van der Waals surface area contributed by atoms with Crippen LogP contribution < -0.4 is 0 Å². The van der Waals surface area contributed by atoms with Crippen LogP contribution in [-0.2, 0) is 4.79 Å². The average Bonchev–Trinajstić information content (AvgIpc) is 2.13. The van der Waals surface area contributed by atoms with Crippen LogP contribution in [-0.4, -0.2) is 27.4 Å². The predicted molar refractivity (Wildman–Crippen MR) is 54.5 cm³/mol. The zero-order valence-corrected chi connectivity index (χ0v) is 8.64. The minimum Gasteiger partial charge on any atom is -0.479 e. The van der Waals surface area contributed by atoms with E-state index in [1.54, 1.807) is 12.1 Å². The molecule has 1 aromatic carbocycles. The largest absolute Gasteiger partial charge is 0.479 e. The predicted octanol–water partition coefficient (Wildman–Crippen LogP) is 0.782. The Hall–Kier alpha value is -1.39. The van der Waals surface area contributed by atoms with Gasteiger partial charge in [0.25, 0.3) is 0 Å². The molecule has 1 aromatic rings. The number of aliphatic hydroxyl groups excluding tert-OH is 2. The van der Waals surface area contributed by atoms with E-state index in [9.17, 15) is 15.0 Å². The molecule has 2 unspecified atom stereocenters. The molecular formula is C11H14O4. The minimum atomic E-state index is -1.79. The summed E-state index contributed by atoms with van der Waals surface area (Å²) in [5.41, 5.74) is 2.26. The molecule has 3 N–H and O–H groups in total. The fourth-order valence-corrected chi connectivity index (χ4v) is 1.50. The lowest BCUT2D eigenvalue weighted by atomic mass is 10.00. The number of hydrogen-bond acceptors (Lipinski definition) is 3. The van der Waals surface area contributed by atoms with Crippen molar-refractivity contribution in [1.29, 1.82) is 0 Å². The highest BCUT2D eigenvalue weighted by Crippen LogP contribution is 2.20. The smallest absolute Gasteiger partial charge is 0.335 e. The van der Waals surface area contributed by atoms with E-state index in [0.29, 0.717) is 5.56 Å². The second-order valence-electron chi connectivity index (χ2n) is 3.65. The van der Waals surface area contributed by atoms with Gasteiger partial charge in [0, 0.05) is 0 Å². The Morgan fingerprint density at radius 3 is 2.00 bits per heavy atom. The van der Waals surface area contributed by atoms with Gasteiger partial charge < -0.3 is 15.3 Å². The molecule has 15 heavy (non-hydrogen) atoms. The Morgan fingerprint density at radius 1 is 1.13 bits per heavy atom. The number of aryl methyl sites for hydroxylation is 2. The maximum absolute atomic E-state index is 10.5. The highest BCUT2D eigenvalue weighted by molar-refractivity contribution is 5.73. The molecule has 0 radical (unpaired) electrons. The molecular weight excluding hydrogens is 196 g/mol. The van der Waals surface area contributed by atoms with E-state index in [4.69, 9.17) is 5.11 Å². The number of carboxylic acids is 1. The average molecular weight is 210 g/mol. The van der Waals surface area contributed by atoms with Crippen LogP contribution in [0.5, 0.6) is 0 Å². The molecule has 4 nitrogen and oxygen atoms in total. The van der Waals surface area contributed by atoms with Crippen molar-refractivity contribution in [2.45, 2.75) is 26.1 Å². The van der Waals surface area contributed by atoms with Gasteiger partial charge in [0.1, 0.15) is 6.10 Å². The molecule has 4 heteroatoms. The van der Waals surface area contributed by atoms with E-state index in [2.05, 4.69) is 0 Å². The summed E-state index contributed by atoms with van der Waals surface area (Å²) in [6.45, 7) is 3.69. The highest BCUT2D eigenvalue weighted by atomic mass is 16.4. The first-order valence-electron chi connectivity index (χ1n) is 4.59. The Labute approximate surface area is 87.8 Å². The molecule has 0 fully saturated rings. The summed E-state index contributed by atoms with van der Waals surface area (Å²) < 4.78 is 0. The first-order chi connectivity index (χ1) is 6.91. The van der Waals surface area contributed by atoms with Crippen LogP contribution in [0.3, 0.4) is 0 Å². The van der Waals surface area contributed by atoms with Crippen LogP contribution in [0, 0.1) is 13.8 Å². The van der Waals surface area contributed by atoms with Crippen LogP contribution >= 0.6 is 0 Å². The number of hydrogen-bond donors (Lipinski definition) is 3. The van der Waals surface area contributed by atoms with Crippen molar-refractivity contribution in [2.75, 3.05) is 0 Å². The summed E-state index contributed by atoms with van der Waals surface area (Å²) in [6, 6.07) is 5.22. The minimum absolute atomic E-state index is 0.419. The van der Waals surface area contributed by atoms with Gasteiger partial charge in [-0.25, -0.2) is 4.79 Å². The molecule has 0 saturated carbocycles. The summed E-state index contributed by atoms with van der Waals surface area (Å²) >= 11 is 0. The van der Waals surface area contributed by atoms with Crippen molar-refractivity contribution in [3.05, 3.63) is 34.9 Å². The first kappa shape index (κ1) is 11.7. The van der Waals surface area contributed by atoms with Crippen LogP contribution in [0.2, 0.25) is 0 Å². The van der Waals surface area contributed by atoms with Gasteiger partial charge in [0.15, 0.2) is 6.10 Å². The zero-order chi connectivity index (χ0) is 11.6. The molecule has 82 valence electrons. The van der Waals surface area contributed by atoms with Gasteiger partial charge in [-0.05, 0) is 19.4 Å². The van der Waals surface area contributed by atoms with Crippen LogP contribution in [0.1, 0.15) is 22.8 Å². The lowest BCUT2D eigenvalue weighted by Crippen LogP contribution is -2.27. The summed E-state index contributed by atoms with van der Waals surface area (Å²) in [5, 5.41) is 27.3. The number of aliphatic carboxylic acids is 1. The standard InChI is InChI=1S/C11H14O4/c1-6-3-7(2)5-8(4-6)9(12)10(13)11(14)15/h3-5,9-10,12-13H,1-2H3,(H,14,15). The summed E-state index contributed by atoms with van der Waals surface area (Å²) in [6.07, 6.45) is -3.17. The van der Waals surface area contributed by atoms with Crippen LogP contribution in [0.25, 0.3) is 0 Å². The van der Waals surface area contributed by atoms with Crippen molar-refractivity contribution in [3.8, 4) is 0 Å². The third-order valence-electron chi connectivity index (χ3n) is 2.14. The molecule has 0 aliphatic rings. The Morgan fingerprint density at radius 2 is 1.60 bits per heavy atom. The number of rotatable bonds is 3. The summed E-state index contributed by atoms with van der Waals surface area (Å²) in [5.74, 6) is -1.43. The molecule has 0 aliphatic carbocycles. The van der Waals surface area contributed by atoms with Crippen molar-refractivity contribution in [1.82, 2.24) is 0 Å². The maximum atomic E-state index is 10.5. The van der Waals surface area contributed by atoms with Crippen molar-refractivity contribution >= 4 is 5.97 Å². The van der Waals surface area contributed by atoms with Gasteiger partial charge in [-0.15, -0.1) is 0 Å². The molecule has 2 atom stereocenters. The quantitative estimate of drug-likeness (QED) is 0.689. The van der Waals surface area contributed by atoms with E-state index in [1.165, 1.54) is 0 Å². The zero-order valence-electron chi connectivity index (χ0n) is 8.64. The van der Waals surface area contributed by atoms with Gasteiger partial charge >= 0.3 is 5.97 Å². The van der Waals surface area contributed by atoms with Crippen molar-refractivity contribution < 1.29 is 20.1 Å². The Kier molecular flexibility index (Phi) is 3.44. The van der Waals surface area contributed by atoms with E-state index in [0.717, 1.165) is 11.1 Å². The van der Waals surface area contributed by atoms with E-state index >= 15 is 0 Å². The molecule has 0 heterocycles. The number of carboxylic acid groups (broad SMARTS) is 1. The molecule has 0 saturated heterocycles. The number of aliphatic hydroxyl groups is 2. The van der Waals surface area contributed by atoms with E-state index < -0.39 is 18.2 Å². The second kappa shape index (κ2) is 4.42. The molecule has 0 amide bonds. The van der Waals surface area contributed by atoms with Crippen molar-refractivity contribution in [2.24, 2.45) is 0 Å². The van der Waals surface area contributed by atoms with Gasteiger partial charge in [-0.3, -0.25) is 0 Å². The van der Waals surface area contributed by atoms with Gasteiger partial charge in [0.2, 0.25) is 0 Å². The normalized spacial score (nSPS) is 14.7. The molecule has 0 aliphatic heterocycles. The van der Waals surface area contributed by atoms with Crippen molar-refractivity contribution in [3.63, 3.8) is 0 Å². The van der Waals surface area contributed by atoms with Gasteiger partial charge in [-0.1, -0.05) is 29.3 Å². The number of benzene rings is 1. The third kappa shape index (κ3) is 2.78. The van der Waals surface area contributed by atoms with E-state index in [1.807, 2.05) is 19.9 Å².